The molecular formula is C13H16O7S. The van der Waals surface area contributed by atoms with Crippen LogP contribution >= 0.6 is 0 Å². The van der Waals surface area contributed by atoms with E-state index >= 15 is 0 Å². The van der Waals surface area contributed by atoms with E-state index in [4.69, 9.17) is 14.0 Å². The summed E-state index contributed by atoms with van der Waals surface area (Å²) in [6, 6.07) is 5.72. The van der Waals surface area contributed by atoms with Gasteiger partial charge in [0.25, 0.3) is 10.1 Å². The molecule has 0 aliphatic carbocycles. The van der Waals surface area contributed by atoms with E-state index in [0.29, 0.717) is 0 Å². The van der Waals surface area contributed by atoms with E-state index in [0.717, 1.165) is 6.08 Å². The van der Waals surface area contributed by atoms with Gasteiger partial charge in [-0.05, 0) is 12.1 Å². The number of para-hydroxylation sites is 1. The van der Waals surface area contributed by atoms with Crippen LogP contribution in [0.5, 0.6) is 5.75 Å². The van der Waals surface area contributed by atoms with E-state index in [1.165, 1.54) is 18.2 Å². The number of ether oxygens (including phenoxy) is 3. The molecule has 0 fully saturated rings. The van der Waals surface area contributed by atoms with Crippen molar-refractivity contribution in [2.45, 2.75) is 4.90 Å². The molecule has 0 saturated heterocycles. The van der Waals surface area contributed by atoms with Crippen LogP contribution in [0.2, 0.25) is 0 Å². The van der Waals surface area contributed by atoms with Crippen molar-refractivity contribution < 1.29 is 32.0 Å². The average molecular weight is 316 g/mol. The van der Waals surface area contributed by atoms with Gasteiger partial charge >= 0.3 is 5.97 Å². The van der Waals surface area contributed by atoms with Gasteiger partial charge in [0, 0.05) is 6.08 Å². The van der Waals surface area contributed by atoms with Gasteiger partial charge in [-0.3, -0.25) is 4.55 Å². The van der Waals surface area contributed by atoms with Gasteiger partial charge in [-0.15, -0.1) is 0 Å². The standard InChI is InChI=1S/C13H16O7S/c1-2-13(14)20-10-8-18-7-9-19-11-5-3-4-6-12(11)21(15,16)17/h2-6H,1,7-10H2,(H,15,16,17). The maximum atomic E-state index is 11.1. The van der Waals surface area contributed by atoms with Crippen molar-refractivity contribution in [3.63, 3.8) is 0 Å². The Morgan fingerprint density at radius 3 is 2.52 bits per heavy atom. The van der Waals surface area contributed by atoms with E-state index in [-0.39, 0.29) is 37.1 Å². The minimum absolute atomic E-state index is 0.0432. The third-order valence-electron chi connectivity index (χ3n) is 2.25. The van der Waals surface area contributed by atoms with Crippen LogP contribution in [0.1, 0.15) is 0 Å². The molecule has 0 bridgehead atoms. The molecule has 0 atom stereocenters. The Labute approximate surface area is 122 Å². The highest BCUT2D eigenvalue weighted by Gasteiger charge is 2.15. The van der Waals surface area contributed by atoms with Crippen LogP contribution in [0.3, 0.4) is 0 Å². The number of carbonyl (C=O) groups is 1. The van der Waals surface area contributed by atoms with Gasteiger partial charge in [-0.2, -0.15) is 8.42 Å². The lowest BCUT2D eigenvalue weighted by molar-refractivity contribution is -0.139. The zero-order valence-electron chi connectivity index (χ0n) is 11.2. The smallest absolute Gasteiger partial charge is 0.330 e. The van der Waals surface area contributed by atoms with Gasteiger partial charge < -0.3 is 14.2 Å². The van der Waals surface area contributed by atoms with Crippen molar-refractivity contribution in [2.24, 2.45) is 0 Å². The Morgan fingerprint density at radius 2 is 1.86 bits per heavy atom. The maximum absolute atomic E-state index is 11.1. The van der Waals surface area contributed by atoms with Crippen LogP contribution in [0.25, 0.3) is 0 Å². The van der Waals surface area contributed by atoms with Crippen molar-refractivity contribution >= 4 is 16.1 Å². The number of carbonyl (C=O) groups excluding carboxylic acids is 1. The predicted octanol–water partition coefficient (Wildman–Crippen LogP) is 1.06. The molecule has 0 saturated carbocycles. The largest absolute Gasteiger partial charge is 0.490 e. The summed E-state index contributed by atoms with van der Waals surface area (Å²) < 4.78 is 46.3. The van der Waals surface area contributed by atoms with Crippen LogP contribution in [0.15, 0.2) is 41.8 Å². The summed E-state index contributed by atoms with van der Waals surface area (Å²) in [6.45, 7) is 3.78. The summed E-state index contributed by atoms with van der Waals surface area (Å²) in [5.41, 5.74) is 0. The van der Waals surface area contributed by atoms with Crippen LogP contribution in [-0.4, -0.2) is 45.4 Å². The molecular weight excluding hydrogens is 300 g/mol. The van der Waals surface area contributed by atoms with E-state index in [2.05, 4.69) is 11.3 Å². The average Bonchev–Trinajstić information content (AvgIpc) is 2.45. The first-order chi connectivity index (χ1) is 9.95. The Bertz CT molecular complexity index is 580. The van der Waals surface area contributed by atoms with Crippen LogP contribution in [0, 0.1) is 0 Å². The summed E-state index contributed by atoms with van der Waals surface area (Å²) in [6.07, 6.45) is 1.05. The topological polar surface area (TPSA) is 99.1 Å². The van der Waals surface area contributed by atoms with Gasteiger partial charge in [0.15, 0.2) is 0 Å². The van der Waals surface area contributed by atoms with E-state index in [9.17, 15) is 13.2 Å². The zero-order chi connectivity index (χ0) is 15.7. The molecule has 0 aliphatic heterocycles. The molecule has 0 radical (unpaired) electrons. The molecule has 0 unspecified atom stereocenters. The molecule has 7 nitrogen and oxygen atoms in total. The van der Waals surface area contributed by atoms with Crippen molar-refractivity contribution in [3.8, 4) is 5.75 Å². The fraction of sp³-hybridized carbons (Fsp3) is 0.308. The fourth-order valence-electron chi connectivity index (χ4n) is 1.36. The molecule has 1 rings (SSSR count). The number of hydrogen-bond donors (Lipinski definition) is 1. The SMILES string of the molecule is C=CC(=O)OCCOCCOc1ccccc1S(=O)(=O)O. The van der Waals surface area contributed by atoms with Crippen molar-refractivity contribution in [2.75, 3.05) is 26.4 Å². The molecule has 1 aromatic carbocycles. The lowest BCUT2D eigenvalue weighted by Crippen LogP contribution is -2.13. The predicted molar refractivity (Wildman–Crippen MR) is 73.7 cm³/mol. The molecule has 0 amide bonds. The molecule has 1 N–H and O–H groups in total. The molecule has 1 aromatic rings. The van der Waals surface area contributed by atoms with Crippen LogP contribution in [0.4, 0.5) is 0 Å². The molecule has 116 valence electrons. The summed E-state index contributed by atoms with van der Waals surface area (Å²) >= 11 is 0. The summed E-state index contributed by atoms with van der Waals surface area (Å²) in [5, 5.41) is 0. The number of benzene rings is 1. The van der Waals surface area contributed by atoms with Gasteiger partial charge in [0.2, 0.25) is 0 Å². The van der Waals surface area contributed by atoms with E-state index in [1.54, 1.807) is 6.07 Å². The quantitative estimate of drug-likeness (QED) is 0.315. The van der Waals surface area contributed by atoms with E-state index in [1.807, 2.05) is 0 Å². The van der Waals surface area contributed by atoms with Crippen molar-refractivity contribution in [1.29, 1.82) is 0 Å². The van der Waals surface area contributed by atoms with Crippen molar-refractivity contribution in [3.05, 3.63) is 36.9 Å². The van der Waals surface area contributed by atoms with E-state index < -0.39 is 16.1 Å². The fourth-order valence-corrected chi connectivity index (χ4v) is 1.99. The second kappa shape index (κ2) is 8.40. The minimum atomic E-state index is -4.33. The van der Waals surface area contributed by atoms with Crippen molar-refractivity contribution in [1.82, 2.24) is 0 Å². The maximum Gasteiger partial charge on any atom is 0.330 e. The molecule has 0 heterocycles. The zero-order valence-corrected chi connectivity index (χ0v) is 12.0. The van der Waals surface area contributed by atoms with Gasteiger partial charge in [0.1, 0.15) is 23.9 Å². The highest BCUT2D eigenvalue weighted by Crippen LogP contribution is 2.22. The molecule has 0 aliphatic rings. The molecule has 8 heteroatoms. The highest BCUT2D eigenvalue weighted by atomic mass is 32.2. The van der Waals surface area contributed by atoms with Gasteiger partial charge in [-0.1, -0.05) is 18.7 Å². The number of hydrogen-bond acceptors (Lipinski definition) is 6. The van der Waals surface area contributed by atoms with Crippen LogP contribution in [-0.2, 0) is 24.4 Å². The van der Waals surface area contributed by atoms with Crippen LogP contribution < -0.4 is 4.74 Å². The lowest BCUT2D eigenvalue weighted by Gasteiger charge is -2.09. The van der Waals surface area contributed by atoms with Gasteiger partial charge in [0.05, 0.1) is 13.2 Å². The Hall–Kier alpha value is -1.90. The lowest BCUT2D eigenvalue weighted by atomic mass is 10.3. The Balaban J connectivity index is 2.31. The first kappa shape index (κ1) is 17.2. The summed E-state index contributed by atoms with van der Waals surface area (Å²) in [7, 11) is -4.33. The number of esters is 1. The third-order valence-corrected chi connectivity index (χ3v) is 3.14. The Kier molecular flexibility index (Phi) is 6.86. The minimum Gasteiger partial charge on any atom is -0.490 e. The number of rotatable bonds is 9. The molecule has 0 spiro atoms. The molecule has 0 aromatic heterocycles. The monoisotopic (exact) mass is 316 g/mol. The second-order valence-corrected chi connectivity index (χ2v) is 5.14. The van der Waals surface area contributed by atoms with Gasteiger partial charge in [-0.25, -0.2) is 4.79 Å². The summed E-state index contributed by atoms with van der Waals surface area (Å²) in [5.74, 6) is -0.487. The summed E-state index contributed by atoms with van der Waals surface area (Å²) in [4.78, 5) is 10.4. The first-order valence-electron chi connectivity index (χ1n) is 6.01. The normalized spacial score (nSPS) is 10.9. The first-order valence-corrected chi connectivity index (χ1v) is 7.45. The highest BCUT2D eigenvalue weighted by molar-refractivity contribution is 7.86. The molecule has 21 heavy (non-hydrogen) atoms. The Morgan fingerprint density at radius 1 is 1.19 bits per heavy atom. The second-order valence-electron chi connectivity index (χ2n) is 3.75. The third kappa shape index (κ3) is 6.39.